The minimum Gasteiger partial charge on any atom is -0.466 e. The molecular weight excluding hydrogens is 308 g/mol. The van der Waals surface area contributed by atoms with Gasteiger partial charge in [-0.1, -0.05) is 96.5 Å². The summed E-state index contributed by atoms with van der Waals surface area (Å²) in [5, 5.41) is 0. The number of hydrogen-bond donors (Lipinski definition) is 0. The predicted molar refractivity (Wildman–Crippen MR) is 110 cm³/mol. The van der Waals surface area contributed by atoms with Crippen LogP contribution < -0.4 is 0 Å². The van der Waals surface area contributed by atoms with Gasteiger partial charge in [-0.25, -0.2) is 0 Å². The van der Waals surface area contributed by atoms with Gasteiger partial charge in [0.05, 0.1) is 6.61 Å². The van der Waals surface area contributed by atoms with Gasteiger partial charge in [-0.3, -0.25) is 4.79 Å². The summed E-state index contributed by atoms with van der Waals surface area (Å²) >= 11 is 0. The van der Waals surface area contributed by atoms with Crippen LogP contribution in [0.2, 0.25) is 0 Å². The van der Waals surface area contributed by atoms with E-state index >= 15 is 0 Å². The van der Waals surface area contributed by atoms with Gasteiger partial charge in [0, 0.05) is 6.42 Å². The number of ether oxygens (including phenoxy) is 1. The minimum absolute atomic E-state index is 0.00682. The normalized spacial score (nSPS) is 10.8. The smallest absolute Gasteiger partial charge is 0.305 e. The lowest BCUT2D eigenvalue weighted by molar-refractivity contribution is -0.143. The van der Waals surface area contributed by atoms with Crippen LogP contribution in [0.5, 0.6) is 0 Å². The molecule has 0 aliphatic rings. The molecule has 0 spiro atoms. The third-order valence-corrected chi connectivity index (χ3v) is 4.80. The lowest BCUT2D eigenvalue weighted by atomic mass is 10.1. The molecule has 0 fully saturated rings. The molecular formula is C23H44O2. The van der Waals surface area contributed by atoms with Crippen molar-refractivity contribution in [3.8, 4) is 0 Å². The Hall–Kier alpha value is -0.790. The fourth-order valence-electron chi connectivity index (χ4n) is 3.11. The van der Waals surface area contributed by atoms with Crippen LogP contribution >= 0.6 is 0 Å². The van der Waals surface area contributed by atoms with Crippen molar-refractivity contribution in [3.63, 3.8) is 0 Å². The molecule has 0 heterocycles. The SMILES string of the molecule is C=CCCCCCCCCCOC(=O)CCCCCCCCCCC. The second-order valence-corrected chi connectivity index (χ2v) is 7.35. The standard InChI is InChI=1S/C23H44O2/c1-3-5-7-9-11-13-15-17-19-21-23(24)25-22-20-18-16-14-12-10-8-6-4-2/h4H,2-3,5-22H2,1H3. The third kappa shape index (κ3) is 21.2. The second-order valence-electron chi connectivity index (χ2n) is 7.35. The monoisotopic (exact) mass is 352 g/mol. The van der Waals surface area contributed by atoms with E-state index in [1.54, 1.807) is 0 Å². The summed E-state index contributed by atoms with van der Waals surface area (Å²) < 4.78 is 5.32. The highest BCUT2D eigenvalue weighted by atomic mass is 16.5. The molecule has 0 saturated carbocycles. The van der Waals surface area contributed by atoms with E-state index in [9.17, 15) is 4.79 Å². The minimum atomic E-state index is 0.00682. The highest BCUT2D eigenvalue weighted by Crippen LogP contribution is 2.11. The van der Waals surface area contributed by atoms with E-state index in [4.69, 9.17) is 4.74 Å². The number of allylic oxidation sites excluding steroid dienone is 1. The van der Waals surface area contributed by atoms with Gasteiger partial charge in [0.25, 0.3) is 0 Å². The van der Waals surface area contributed by atoms with Crippen LogP contribution in [-0.4, -0.2) is 12.6 Å². The maximum Gasteiger partial charge on any atom is 0.305 e. The van der Waals surface area contributed by atoms with Gasteiger partial charge in [0.15, 0.2) is 0 Å². The Morgan fingerprint density at radius 3 is 1.76 bits per heavy atom. The van der Waals surface area contributed by atoms with Crippen LogP contribution in [0.25, 0.3) is 0 Å². The van der Waals surface area contributed by atoms with E-state index < -0.39 is 0 Å². The largest absolute Gasteiger partial charge is 0.466 e. The first-order valence-corrected chi connectivity index (χ1v) is 11.1. The summed E-state index contributed by atoms with van der Waals surface area (Å²) in [7, 11) is 0. The molecule has 0 aromatic carbocycles. The zero-order chi connectivity index (χ0) is 18.4. The molecule has 0 N–H and O–H groups in total. The summed E-state index contributed by atoms with van der Waals surface area (Å²) in [4.78, 5) is 11.7. The molecule has 0 radical (unpaired) electrons. The van der Waals surface area contributed by atoms with Crippen molar-refractivity contribution in [3.05, 3.63) is 12.7 Å². The molecule has 0 aliphatic heterocycles. The van der Waals surface area contributed by atoms with E-state index in [0.717, 1.165) is 19.3 Å². The molecule has 25 heavy (non-hydrogen) atoms. The van der Waals surface area contributed by atoms with Gasteiger partial charge in [-0.05, 0) is 25.7 Å². The quantitative estimate of drug-likeness (QED) is 0.127. The third-order valence-electron chi connectivity index (χ3n) is 4.80. The summed E-state index contributed by atoms with van der Waals surface area (Å²) in [5.41, 5.74) is 0. The summed E-state index contributed by atoms with van der Waals surface area (Å²) in [6.07, 6.45) is 24.1. The first-order valence-electron chi connectivity index (χ1n) is 11.1. The Balaban J connectivity index is 3.14. The van der Waals surface area contributed by atoms with E-state index in [2.05, 4.69) is 13.5 Å². The fourth-order valence-corrected chi connectivity index (χ4v) is 3.11. The van der Waals surface area contributed by atoms with Crippen molar-refractivity contribution in [1.29, 1.82) is 0 Å². The first kappa shape index (κ1) is 24.2. The van der Waals surface area contributed by atoms with Crippen molar-refractivity contribution >= 4 is 5.97 Å². The molecule has 0 aromatic rings. The predicted octanol–water partition coefficient (Wildman–Crippen LogP) is 7.76. The van der Waals surface area contributed by atoms with Gasteiger partial charge in [-0.2, -0.15) is 0 Å². The van der Waals surface area contributed by atoms with Crippen molar-refractivity contribution in [2.45, 2.75) is 122 Å². The Morgan fingerprint density at radius 2 is 1.20 bits per heavy atom. The molecule has 2 heteroatoms. The first-order chi connectivity index (χ1) is 12.3. The van der Waals surface area contributed by atoms with Gasteiger partial charge < -0.3 is 4.74 Å². The van der Waals surface area contributed by atoms with Crippen LogP contribution in [0.15, 0.2) is 12.7 Å². The van der Waals surface area contributed by atoms with Crippen molar-refractivity contribution in [2.75, 3.05) is 6.61 Å². The fraction of sp³-hybridized carbons (Fsp3) is 0.870. The Labute approximate surface area is 157 Å². The van der Waals surface area contributed by atoms with Crippen LogP contribution in [0.4, 0.5) is 0 Å². The highest BCUT2D eigenvalue weighted by molar-refractivity contribution is 5.69. The number of carbonyl (C=O) groups is 1. The van der Waals surface area contributed by atoms with Crippen LogP contribution in [0.3, 0.4) is 0 Å². The van der Waals surface area contributed by atoms with Gasteiger partial charge in [0.1, 0.15) is 0 Å². The number of rotatable bonds is 20. The maximum absolute atomic E-state index is 11.7. The molecule has 0 unspecified atom stereocenters. The molecule has 2 nitrogen and oxygen atoms in total. The zero-order valence-electron chi connectivity index (χ0n) is 17.0. The van der Waals surface area contributed by atoms with Crippen LogP contribution in [0.1, 0.15) is 122 Å². The number of hydrogen-bond acceptors (Lipinski definition) is 2. The average Bonchev–Trinajstić information content (AvgIpc) is 2.62. The Bertz CT molecular complexity index is 286. The molecule has 148 valence electrons. The second kappa shape index (κ2) is 21.3. The molecule has 0 rings (SSSR count). The van der Waals surface area contributed by atoms with Crippen molar-refractivity contribution in [2.24, 2.45) is 0 Å². The topological polar surface area (TPSA) is 26.3 Å². The summed E-state index contributed by atoms with van der Waals surface area (Å²) in [6, 6.07) is 0. The van der Waals surface area contributed by atoms with E-state index in [1.807, 2.05) is 6.08 Å². The summed E-state index contributed by atoms with van der Waals surface area (Å²) in [5.74, 6) is 0.00682. The number of carbonyl (C=O) groups excluding carboxylic acids is 1. The average molecular weight is 353 g/mol. The molecule has 0 bridgehead atoms. The van der Waals surface area contributed by atoms with E-state index in [1.165, 1.54) is 89.9 Å². The van der Waals surface area contributed by atoms with Gasteiger partial charge in [-0.15, -0.1) is 6.58 Å². The lowest BCUT2D eigenvalue weighted by Gasteiger charge is -2.05. The maximum atomic E-state index is 11.7. The van der Waals surface area contributed by atoms with Crippen LogP contribution in [0, 0.1) is 0 Å². The van der Waals surface area contributed by atoms with Crippen molar-refractivity contribution < 1.29 is 9.53 Å². The van der Waals surface area contributed by atoms with Gasteiger partial charge >= 0.3 is 5.97 Å². The van der Waals surface area contributed by atoms with E-state index in [0.29, 0.717) is 13.0 Å². The van der Waals surface area contributed by atoms with Gasteiger partial charge in [0.2, 0.25) is 0 Å². The Morgan fingerprint density at radius 1 is 0.720 bits per heavy atom. The molecule has 0 saturated heterocycles. The molecule has 0 amide bonds. The molecule has 0 aliphatic carbocycles. The Kier molecular flexibility index (Phi) is 20.6. The van der Waals surface area contributed by atoms with E-state index in [-0.39, 0.29) is 5.97 Å². The zero-order valence-corrected chi connectivity index (χ0v) is 17.0. The molecule has 0 aromatic heterocycles. The summed E-state index contributed by atoms with van der Waals surface area (Å²) in [6.45, 7) is 6.62. The van der Waals surface area contributed by atoms with Crippen LogP contribution in [-0.2, 0) is 9.53 Å². The lowest BCUT2D eigenvalue weighted by Crippen LogP contribution is -2.05. The highest BCUT2D eigenvalue weighted by Gasteiger charge is 2.02. The molecule has 0 atom stereocenters. The van der Waals surface area contributed by atoms with Crippen molar-refractivity contribution in [1.82, 2.24) is 0 Å². The number of esters is 1. The number of unbranched alkanes of at least 4 members (excludes halogenated alkanes) is 15.